The monoisotopic (exact) mass is 260 g/mol. The fourth-order valence-corrected chi connectivity index (χ4v) is 3.59. The molecule has 2 aliphatic carbocycles. The van der Waals surface area contributed by atoms with Crippen molar-refractivity contribution in [2.75, 3.05) is 6.54 Å². The Bertz CT molecular complexity index is 472. The Labute approximate surface area is 113 Å². The van der Waals surface area contributed by atoms with Gasteiger partial charge >= 0.3 is 0 Å². The molecule has 19 heavy (non-hydrogen) atoms. The summed E-state index contributed by atoms with van der Waals surface area (Å²) < 4.78 is 5.20. The van der Waals surface area contributed by atoms with E-state index >= 15 is 0 Å². The van der Waals surface area contributed by atoms with E-state index in [4.69, 9.17) is 4.42 Å². The lowest BCUT2D eigenvalue weighted by Gasteiger charge is -2.23. The molecular weight excluding hydrogens is 240 g/mol. The molecule has 1 amide bonds. The van der Waals surface area contributed by atoms with Crippen molar-refractivity contribution in [3.8, 4) is 0 Å². The Morgan fingerprint density at radius 3 is 2.79 bits per heavy atom. The third-order valence-electron chi connectivity index (χ3n) is 4.86. The lowest BCUT2D eigenvalue weighted by molar-refractivity contribution is -0.133. The summed E-state index contributed by atoms with van der Waals surface area (Å²) in [6, 6.07) is 1.97. The van der Waals surface area contributed by atoms with Crippen molar-refractivity contribution in [2.45, 2.75) is 50.2 Å². The Kier molecular flexibility index (Phi) is 2.49. The fourth-order valence-electron chi connectivity index (χ4n) is 3.59. The number of nitrogens with one attached hydrogen (secondary N) is 1. The lowest BCUT2D eigenvalue weighted by Crippen LogP contribution is -2.44. The third kappa shape index (κ3) is 1.81. The molecule has 2 saturated carbocycles. The molecule has 3 fully saturated rings. The van der Waals surface area contributed by atoms with Crippen molar-refractivity contribution in [1.29, 1.82) is 0 Å². The molecule has 1 aromatic heterocycles. The molecule has 1 spiro atoms. The second-order valence-electron chi connectivity index (χ2n) is 6.29. The first kappa shape index (κ1) is 11.5. The molecule has 1 saturated heterocycles. The number of carbonyl (C=O) groups is 1. The van der Waals surface area contributed by atoms with Crippen LogP contribution in [-0.2, 0) is 4.79 Å². The van der Waals surface area contributed by atoms with Crippen LogP contribution in [-0.4, -0.2) is 22.9 Å². The third-order valence-corrected chi connectivity index (χ3v) is 4.86. The molecule has 1 unspecified atom stereocenters. The standard InChI is InChI=1S/C15H20N2O2/c18-14-15(6-1-2-7-15)16-13(12-5-8-19-10-12)17(14)9-11-3-4-11/h5,8,10-11,13,16H,1-4,6-7,9H2. The summed E-state index contributed by atoms with van der Waals surface area (Å²) in [4.78, 5) is 14.9. The van der Waals surface area contributed by atoms with Crippen LogP contribution in [0.2, 0.25) is 0 Å². The second-order valence-corrected chi connectivity index (χ2v) is 6.29. The Morgan fingerprint density at radius 1 is 1.37 bits per heavy atom. The van der Waals surface area contributed by atoms with Crippen molar-refractivity contribution < 1.29 is 9.21 Å². The van der Waals surface area contributed by atoms with Crippen molar-refractivity contribution in [3.05, 3.63) is 24.2 Å². The van der Waals surface area contributed by atoms with Gasteiger partial charge in [0.25, 0.3) is 0 Å². The Morgan fingerprint density at radius 2 is 2.16 bits per heavy atom. The minimum absolute atomic E-state index is 0.0185. The number of nitrogens with zero attached hydrogens (tertiary/aromatic N) is 1. The van der Waals surface area contributed by atoms with Gasteiger partial charge in [-0.25, -0.2) is 0 Å². The van der Waals surface area contributed by atoms with Crippen LogP contribution in [0.25, 0.3) is 0 Å². The lowest BCUT2D eigenvalue weighted by atomic mass is 9.98. The largest absolute Gasteiger partial charge is 0.472 e. The summed E-state index contributed by atoms with van der Waals surface area (Å²) in [5.41, 5.74) is 0.800. The minimum atomic E-state index is -0.281. The molecular formula is C15H20N2O2. The molecule has 4 heteroatoms. The Hall–Kier alpha value is -1.29. The number of hydrogen-bond acceptors (Lipinski definition) is 3. The summed E-state index contributed by atoms with van der Waals surface area (Å²) in [5, 5.41) is 3.62. The first-order chi connectivity index (χ1) is 9.28. The van der Waals surface area contributed by atoms with Crippen LogP contribution >= 0.6 is 0 Å². The highest BCUT2D eigenvalue weighted by molar-refractivity contribution is 5.89. The average molecular weight is 260 g/mol. The van der Waals surface area contributed by atoms with Crippen molar-refractivity contribution >= 4 is 5.91 Å². The molecule has 1 atom stereocenters. The summed E-state index contributed by atoms with van der Waals surface area (Å²) in [6.07, 6.45) is 10.3. The van der Waals surface area contributed by atoms with Gasteiger partial charge in [0.1, 0.15) is 6.17 Å². The van der Waals surface area contributed by atoms with Crippen molar-refractivity contribution in [1.82, 2.24) is 10.2 Å². The summed E-state index contributed by atoms with van der Waals surface area (Å²) in [5.74, 6) is 1.04. The highest BCUT2D eigenvalue weighted by Crippen LogP contribution is 2.43. The van der Waals surface area contributed by atoms with Crippen molar-refractivity contribution in [3.63, 3.8) is 0 Å². The molecule has 2 heterocycles. The van der Waals surface area contributed by atoms with Crippen LogP contribution < -0.4 is 5.32 Å². The quantitative estimate of drug-likeness (QED) is 0.908. The number of furan rings is 1. The zero-order valence-electron chi connectivity index (χ0n) is 11.1. The van der Waals surface area contributed by atoms with E-state index in [1.54, 1.807) is 12.5 Å². The normalized spacial score (nSPS) is 29.6. The summed E-state index contributed by atoms with van der Waals surface area (Å²) in [6.45, 7) is 0.906. The zero-order chi connectivity index (χ0) is 12.9. The minimum Gasteiger partial charge on any atom is -0.472 e. The van der Waals surface area contributed by atoms with E-state index in [0.29, 0.717) is 5.91 Å². The number of amides is 1. The van der Waals surface area contributed by atoms with Crippen LogP contribution in [0.5, 0.6) is 0 Å². The summed E-state index contributed by atoms with van der Waals surface area (Å²) in [7, 11) is 0. The van der Waals surface area contributed by atoms with Gasteiger partial charge in [0.2, 0.25) is 5.91 Å². The van der Waals surface area contributed by atoms with Gasteiger partial charge < -0.3 is 9.32 Å². The molecule has 4 rings (SSSR count). The summed E-state index contributed by atoms with van der Waals surface area (Å²) >= 11 is 0. The van der Waals surface area contributed by atoms with E-state index in [0.717, 1.165) is 43.7 Å². The number of hydrogen-bond donors (Lipinski definition) is 1. The molecule has 0 aromatic carbocycles. The molecule has 0 bridgehead atoms. The van der Waals surface area contributed by atoms with Gasteiger partial charge in [-0.2, -0.15) is 0 Å². The smallest absolute Gasteiger partial charge is 0.244 e. The predicted molar refractivity (Wildman–Crippen MR) is 70.2 cm³/mol. The maximum Gasteiger partial charge on any atom is 0.244 e. The number of carbonyl (C=O) groups excluding carboxylic acids is 1. The molecule has 3 aliphatic rings. The van der Waals surface area contributed by atoms with Crippen LogP contribution in [0.4, 0.5) is 0 Å². The van der Waals surface area contributed by atoms with Gasteiger partial charge in [0.15, 0.2) is 0 Å². The fraction of sp³-hybridized carbons (Fsp3) is 0.667. The van der Waals surface area contributed by atoms with E-state index in [9.17, 15) is 4.79 Å². The van der Waals surface area contributed by atoms with Crippen LogP contribution in [0, 0.1) is 5.92 Å². The highest BCUT2D eigenvalue weighted by Gasteiger charge is 2.53. The van der Waals surface area contributed by atoms with E-state index < -0.39 is 0 Å². The molecule has 1 aromatic rings. The average Bonchev–Trinajstić information content (AvgIpc) is 2.84. The maximum absolute atomic E-state index is 12.8. The second kappa shape index (κ2) is 4.10. The molecule has 1 aliphatic heterocycles. The van der Waals surface area contributed by atoms with Gasteiger partial charge in [-0.1, -0.05) is 12.8 Å². The predicted octanol–water partition coefficient (Wildman–Crippen LogP) is 2.43. The topological polar surface area (TPSA) is 45.5 Å². The molecule has 0 radical (unpaired) electrons. The van der Waals surface area contributed by atoms with Gasteiger partial charge in [0.05, 0.1) is 18.1 Å². The van der Waals surface area contributed by atoms with Crippen molar-refractivity contribution in [2.24, 2.45) is 5.92 Å². The van der Waals surface area contributed by atoms with Gasteiger partial charge in [-0.05, 0) is 37.7 Å². The van der Waals surface area contributed by atoms with Crippen LogP contribution in [0.1, 0.15) is 50.3 Å². The highest BCUT2D eigenvalue weighted by atomic mass is 16.3. The van der Waals surface area contributed by atoms with E-state index in [2.05, 4.69) is 10.2 Å². The Balaban J connectivity index is 1.65. The molecule has 1 N–H and O–H groups in total. The van der Waals surface area contributed by atoms with Gasteiger partial charge in [-0.15, -0.1) is 0 Å². The van der Waals surface area contributed by atoms with Crippen LogP contribution in [0.3, 0.4) is 0 Å². The van der Waals surface area contributed by atoms with Crippen LogP contribution in [0.15, 0.2) is 23.0 Å². The van der Waals surface area contributed by atoms with E-state index in [1.165, 1.54) is 12.8 Å². The molecule has 102 valence electrons. The van der Waals surface area contributed by atoms with E-state index in [-0.39, 0.29) is 11.7 Å². The van der Waals surface area contributed by atoms with Gasteiger partial charge in [-0.3, -0.25) is 10.1 Å². The number of rotatable bonds is 3. The van der Waals surface area contributed by atoms with E-state index in [1.807, 2.05) is 6.07 Å². The zero-order valence-corrected chi connectivity index (χ0v) is 11.1. The first-order valence-electron chi connectivity index (χ1n) is 7.39. The first-order valence-corrected chi connectivity index (χ1v) is 7.39. The maximum atomic E-state index is 12.8. The molecule has 4 nitrogen and oxygen atoms in total. The SMILES string of the molecule is O=C1N(CC2CC2)C(c2ccoc2)NC12CCCC2. The van der Waals surface area contributed by atoms with Gasteiger partial charge in [0, 0.05) is 12.1 Å².